The smallest absolute Gasteiger partial charge is 0.311 e. The Labute approximate surface area is 153 Å². The minimum atomic E-state index is -2.82. The number of hydrogen-bond acceptors (Lipinski definition) is 5. The number of ether oxygens (including phenoxy) is 1. The number of hydrogen-bond donors (Lipinski definition) is 1. The monoisotopic (exact) mass is 384 g/mol. The van der Waals surface area contributed by atoms with E-state index >= 15 is 0 Å². The molecule has 0 unspecified atom stereocenters. The number of carbonyl (C=O) groups excluding carboxylic acids is 1. The van der Waals surface area contributed by atoms with Crippen molar-refractivity contribution in [1.82, 2.24) is 14.6 Å². The predicted octanol–water partition coefficient (Wildman–Crippen LogP) is 3.41. The van der Waals surface area contributed by atoms with Crippen molar-refractivity contribution in [2.75, 3.05) is 11.9 Å². The highest BCUT2D eigenvalue weighted by molar-refractivity contribution is 6.28. The molecule has 1 N–H and O–H groups in total. The SMILES string of the molecule is CCOC(=O)[C@H]1[C@H]2CC[C@@H]([C@H]1Nc1nc(Cl)nn3cccc13)C(F)(F)C2. The van der Waals surface area contributed by atoms with Crippen LogP contribution in [0.5, 0.6) is 0 Å². The second-order valence-electron chi connectivity index (χ2n) is 6.92. The molecule has 2 aromatic rings. The van der Waals surface area contributed by atoms with Crippen LogP contribution in [0.3, 0.4) is 0 Å². The lowest BCUT2D eigenvalue weighted by atomic mass is 9.59. The lowest BCUT2D eigenvalue weighted by Crippen LogP contribution is -2.59. The molecule has 0 aromatic carbocycles. The van der Waals surface area contributed by atoms with E-state index in [9.17, 15) is 13.6 Å². The molecule has 0 radical (unpaired) electrons. The molecule has 2 heterocycles. The summed E-state index contributed by atoms with van der Waals surface area (Å²) in [6, 6.07) is 2.76. The molecule has 5 rings (SSSR count). The van der Waals surface area contributed by atoms with Crippen LogP contribution in [0.25, 0.3) is 5.52 Å². The third-order valence-electron chi connectivity index (χ3n) is 5.48. The van der Waals surface area contributed by atoms with E-state index in [2.05, 4.69) is 15.4 Å². The quantitative estimate of drug-likeness (QED) is 0.818. The Morgan fingerprint density at radius 3 is 3.04 bits per heavy atom. The Morgan fingerprint density at radius 2 is 2.31 bits per heavy atom. The molecule has 2 aromatic heterocycles. The van der Waals surface area contributed by atoms with E-state index in [0.29, 0.717) is 24.2 Å². The lowest BCUT2D eigenvalue weighted by Gasteiger charge is -2.51. The van der Waals surface area contributed by atoms with Gasteiger partial charge in [-0.3, -0.25) is 4.79 Å². The van der Waals surface area contributed by atoms with Gasteiger partial charge in [0.2, 0.25) is 5.28 Å². The number of rotatable bonds is 4. The summed E-state index contributed by atoms with van der Waals surface area (Å²) < 4.78 is 35.8. The topological polar surface area (TPSA) is 68.5 Å². The first-order valence-electron chi connectivity index (χ1n) is 8.72. The molecule has 6 nitrogen and oxygen atoms in total. The molecule has 3 aliphatic rings. The number of nitrogens with one attached hydrogen (secondary N) is 1. The van der Waals surface area contributed by atoms with Gasteiger partial charge in [-0.25, -0.2) is 13.3 Å². The molecule has 3 aliphatic carbocycles. The average Bonchev–Trinajstić information content (AvgIpc) is 3.02. The van der Waals surface area contributed by atoms with Crippen molar-refractivity contribution in [3.8, 4) is 0 Å². The minimum absolute atomic E-state index is 0.00314. The maximum absolute atomic E-state index is 14.6. The molecule has 0 aliphatic heterocycles. The van der Waals surface area contributed by atoms with Crippen LogP contribution in [0, 0.1) is 17.8 Å². The summed E-state index contributed by atoms with van der Waals surface area (Å²) in [5.41, 5.74) is 0.613. The number of alkyl halides is 2. The van der Waals surface area contributed by atoms with E-state index in [4.69, 9.17) is 16.3 Å². The van der Waals surface area contributed by atoms with Gasteiger partial charge in [0, 0.05) is 24.6 Å². The number of esters is 1. The van der Waals surface area contributed by atoms with Gasteiger partial charge >= 0.3 is 5.97 Å². The van der Waals surface area contributed by atoms with Crippen LogP contribution in [0.15, 0.2) is 18.3 Å². The summed E-state index contributed by atoms with van der Waals surface area (Å²) in [5, 5.41) is 7.13. The molecule has 2 bridgehead atoms. The van der Waals surface area contributed by atoms with Crippen molar-refractivity contribution < 1.29 is 18.3 Å². The minimum Gasteiger partial charge on any atom is -0.466 e. The van der Waals surface area contributed by atoms with E-state index in [1.165, 1.54) is 4.52 Å². The van der Waals surface area contributed by atoms with Crippen molar-refractivity contribution >= 4 is 28.9 Å². The van der Waals surface area contributed by atoms with Gasteiger partial charge in [0.1, 0.15) is 5.52 Å². The van der Waals surface area contributed by atoms with Crippen molar-refractivity contribution in [3.63, 3.8) is 0 Å². The highest BCUT2D eigenvalue weighted by Gasteiger charge is 2.60. The molecule has 0 spiro atoms. The van der Waals surface area contributed by atoms with Crippen molar-refractivity contribution in [1.29, 1.82) is 0 Å². The van der Waals surface area contributed by atoms with Crippen LogP contribution >= 0.6 is 11.6 Å². The molecule has 3 fully saturated rings. The standard InChI is InChI=1S/C17H19ClF2N4O2/c1-2-26-15(25)12-9-5-6-10(17(19,20)8-9)13(12)21-14-11-4-3-7-24(11)23-16(18)22-14/h3-4,7,9-10,12-13H,2,5-6,8H2,1H3,(H,21,22,23)/t9-,10-,12-,13+/m0/s1. The number of fused-ring (bicyclic) bond motifs is 4. The van der Waals surface area contributed by atoms with E-state index in [1.54, 1.807) is 25.3 Å². The summed E-state index contributed by atoms with van der Waals surface area (Å²) in [5.74, 6) is -4.90. The zero-order valence-corrected chi connectivity index (χ0v) is 14.9. The summed E-state index contributed by atoms with van der Waals surface area (Å²) >= 11 is 5.96. The molecule has 9 heteroatoms. The predicted molar refractivity (Wildman–Crippen MR) is 91.3 cm³/mol. The fraction of sp³-hybridized carbons (Fsp3) is 0.588. The third-order valence-corrected chi connectivity index (χ3v) is 5.64. The number of carbonyl (C=O) groups is 1. The van der Waals surface area contributed by atoms with E-state index in [-0.39, 0.29) is 18.3 Å². The van der Waals surface area contributed by atoms with E-state index < -0.39 is 35.7 Å². The van der Waals surface area contributed by atoms with Gasteiger partial charge < -0.3 is 10.1 Å². The lowest BCUT2D eigenvalue weighted by molar-refractivity contribution is -0.179. The Kier molecular flexibility index (Phi) is 4.25. The fourth-order valence-corrected chi connectivity index (χ4v) is 4.61. The Balaban J connectivity index is 1.73. The van der Waals surface area contributed by atoms with Crippen LogP contribution < -0.4 is 5.32 Å². The van der Waals surface area contributed by atoms with Gasteiger partial charge in [0.05, 0.1) is 12.5 Å². The van der Waals surface area contributed by atoms with Gasteiger partial charge in [-0.05, 0) is 49.4 Å². The second-order valence-corrected chi connectivity index (χ2v) is 7.26. The second kappa shape index (κ2) is 6.33. The van der Waals surface area contributed by atoms with Crippen molar-refractivity contribution in [3.05, 3.63) is 23.6 Å². The normalized spacial score (nSPS) is 29.7. The first-order chi connectivity index (χ1) is 12.4. The zero-order valence-electron chi connectivity index (χ0n) is 14.2. The number of halogens is 3. The maximum Gasteiger partial charge on any atom is 0.311 e. The molecule has 4 atom stereocenters. The summed E-state index contributed by atoms with van der Waals surface area (Å²) in [4.78, 5) is 16.7. The molecule has 0 saturated heterocycles. The number of nitrogens with zero attached hydrogens (tertiary/aromatic N) is 3. The summed E-state index contributed by atoms with van der Waals surface area (Å²) in [7, 11) is 0. The average molecular weight is 385 g/mol. The largest absolute Gasteiger partial charge is 0.466 e. The van der Waals surface area contributed by atoms with E-state index in [0.717, 1.165) is 0 Å². The van der Waals surface area contributed by atoms with Crippen LogP contribution in [0.1, 0.15) is 26.2 Å². The van der Waals surface area contributed by atoms with Crippen LogP contribution in [0.4, 0.5) is 14.6 Å². The van der Waals surface area contributed by atoms with Gasteiger partial charge in [-0.1, -0.05) is 0 Å². The first-order valence-corrected chi connectivity index (χ1v) is 9.10. The molecule has 140 valence electrons. The highest BCUT2D eigenvalue weighted by atomic mass is 35.5. The fourth-order valence-electron chi connectivity index (χ4n) is 4.44. The van der Waals surface area contributed by atoms with Crippen molar-refractivity contribution in [2.45, 2.75) is 38.2 Å². The van der Waals surface area contributed by atoms with Gasteiger partial charge in [-0.2, -0.15) is 4.98 Å². The maximum atomic E-state index is 14.6. The first kappa shape index (κ1) is 17.5. The van der Waals surface area contributed by atoms with E-state index in [1.807, 2.05) is 0 Å². The Hall–Kier alpha value is -1.96. The van der Waals surface area contributed by atoms with Gasteiger partial charge in [0.15, 0.2) is 5.82 Å². The number of anilines is 1. The Morgan fingerprint density at radius 1 is 1.50 bits per heavy atom. The summed E-state index contributed by atoms with van der Waals surface area (Å²) in [6.45, 7) is 1.93. The molecular weight excluding hydrogens is 366 g/mol. The van der Waals surface area contributed by atoms with Gasteiger partial charge in [0.25, 0.3) is 5.92 Å². The van der Waals surface area contributed by atoms with Crippen LogP contribution in [0.2, 0.25) is 5.28 Å². The van der Waals surface area contributed by atoms with Crippen molar-refractivity contribution in [2.24, 2.45) is 17.8 Å². The van der Waals surface area contributed by atoms with Crippen LogP contribution in [-0.4, -0.2) is 39.1 Å². The Bertz CT molecular complexity index is 843. The zero-order chi connectivity index (χ0) is 18.5. The molecule has 0 amide bonds. The number of aromatic nitrogens is 3. The molecular formula is C17H19ClF2N4O2. The highest BCUT2D eigenvalue weighted by Crippen LogP contribution is 2.54. The molecule has 26 heavy (non-hydrogen) atoms. The summed E-state index contributed by atoms with van der Waals surface area (Å²) in [6.07, 6.45) is 2.39. The third kappa shape index (κ3) is 2.80. The molecule has 3 saturated carbocycles. The van der Waals surface area contributed by atoms with Gasteiger partial charge in [-0.15, -0.1) is 5.10 Å². The van der Waals surface area contributed by atoms with Crippen LogP contribution in [-0.2, 0) is 9.53 Å².